The lowest BCUT2D eigenvalue weighted by Gasteiger charge is -2.19. The molecule has 1 aromatic rings. The van der Waals surface area contributed by atoms with E-state index in [1.54, 1.807) is 19.9 Å². The van der Waals surface area contributed by atoms with Gasteiger partial charge in [-0.3, -0.25) is 19.3 Å². The second-order valence-electron chi connectivity index (χ2n) is 6.97. The summed E-state index contributed by atoms with van der Waals surface area (Å²) in [5, 5.41) is 3.29. The highest BCUT2D eigenvalue weighted by Crippen LogP contribution is 2.38. The van der Waals surface area contributed by atoms with E-state index in [2.05, 4.69) is 5.32 Å². The van der Waals surface area contributed by atoms with E-state index in [0.717, 1.165) is 42.6 Å². The molecule has 1 aliphatic carbocycles. The molecule has 1 N–H and O–H groups in total. The molecule has 1 aromatic heterocycles. The lowest BCUT2D eigenvalue weighted by molar-refractivity contribution is -0.140. The van der Waals surface area contributed by atoms with Crippen molar-refractivity contribution in [3.05, 3.63) is 16.5 Å². The van der Waals surface area contributed by atoms with Gasteiger partial charge in [-0.25, -0.2) is 4.79 Å². The molecule has 1 saturated carbocycles. The molecule has 2 fully saturated rings. The third-order valence-corrected chi connectivity index (χ3v) is 6.27. The maximum atomic E-state index is 12.4. The van der Waals surface area contributed by atoms with Gasteiger partial charge < -0.3 is 10.1 Å². The standard InChI is InChI=1S/C19H24N2O5S/c1-3-26-19(25)16-11(2)10-15(27-16)20-14(22)8-9-21-17(23)12-6-4-5-7-13(12)18(21)24/h10,12-13H,3-9H2,1-2H3,(H,20,22)/t12-,13-/m0/s1. The van der Waals surface area contributed by atoms with Crippen LogP contribution in [-0.2, 0) is 19.1 Å². The maximum absolute atomic E-state index is 12.4. The molecular weight excluding hydrogens is 368 g/mol. The van der Waals surface area contributed by atoms with Gasteiger partial charge in [-0.1, -0.05) is 12.8 Å². The molecular formula is C19H24N2O5S. The summed E-state index contributed by atoms with van der Waals surface area (Å²) in [6, 6.07) is 1.72. The first-order valence-electron chi connectivity index (χ1n) is 9.35. The molecule has 2 aliphatic rings. The lowest BCUT2D eigenvalue weighted by atomic mass is 9.81. The van der Waals surface area contributed by atoms with Crippen molar-refractivity contribution in [3.8, 4) is 0 Å². The van der Waals surface area contributed by atoms with Crippen LogP contribution in [-0.4, -0.2) is 41.7 Å². The van der Waals surface area contributed by atoms with Crippen molar-refractivity contribution in [2.24, 2.45) is 11.8 Å². The molecule has 0 unspecified atom stereocenters. The number of imide groups is 1. The Labute approximate surface area is 162 Å². The van der Waals surface area contributed by atoms with E-state index in [9.17, 15) is 19.2 Å². The number of carbonyl (C=O) groups is 4. The Kier molecular flexibility index (Phi) is 5.94. The number of ether oxygens (including phenoxy) is 1. The van der Waals surface area contributed by atoms with Crippen molar-refractivity contribution in [2.75, 3.05) is 18.5 Å². The van der Waals surface area contributed by atoms with Crippen LogP contribution >= 0.6 is 11.3 Å². The van der Waals surface area contributed by atoms with Gasteiger partial charge in [-0.05, 0) is 38.3 Å². The van der Waals surface area contributed by atoms with E-state index in [4.69, 9.17) is 4.74 Å². The van der Waals surface area contributed by atoms with Crippen LogP contribution in [0.15, 0.2) is 6.07 Å². The Balaban J connectivity index is 1.56. The number of nitrogens with zero attached hydrogens (tertiary/aromatic N) is 1. The predicted octanol–water partition coefficient (Wildman–Crippen LogP) is 2.74. The monoisotopic (exact) mass is 392 g/mol. The van der Waals surface area contributed by atoms with Gasteiger partial charge in [0.15, 0.2) is 0 Å². The van der Waals surface area contributed by atoms with Gasteiger partial charge in [-0.15, -0.1) is 11.3 Å². The number of carbonyl (C=O) groups excluding carboxylic acids is 4. The number of amides is 3. The Morgan fingerprint density at radius 3 is 2.44 bits per heavy atom. The Hall–Kier alpha value is -2.22. The second-order valence-corrected chi connectivity index (χ2v) is 8.02. The van der Waals surface area contributed by atoms with Gasteiger partial charge >= 0.3 is 5.97 Å². The van der Waals surface area contributed by atoms with Crippen LogP contribution in [0.1, 0.15) is 54.3 Å². The number of fused-ring (bicyclic) bond motifs is 1. The zero-order chi connectivity index (χ0) is 19.6. The van der Waals surface area contributed by atoms with Gasteiger partial charge in [-0.2, -0.15) is 0 Å². The molecule has 8 heteroatoms. The maximum Gasteiger partial charge on any atom is 0.348 e. The van der Waals surface area contributed by atoms with Crippen LogP contribution in [0.2, 0.25) is 0 Å². The Morgan fingerprint density at radius 1 is 1.22 bits per heavy atom. The minimum atomic E-state index is -0.406. The number of anilines is 1. The fraction of sp³-hybridized carbons (Fsp3) is 0.579. The molecule has 146 valence electrons. The summed E-state index contributed by atoms with van der Waals surface area (Å²) >= 11 is 1.16. The van der Waals surface area contributed by atoms with Gasteiger partial charge in [0.05, 0.1) is 23.4 Å². The first-order valence-corrected chi connectivity index (χ1v) is 10.2. The summed E-state index contributed by atoms with van der Waals surface area (Å²) in [5.41, 5.74) is 0.739. The van der Waals surface area contributed by atoms with Crippen molar-refractivity contribution in [3.63, 3.8) is 0 Å². The van der Waals surface area contributed by atoms with Crippen molar-refractivity contribution >= 4 is 40.0 Å². The number of thiophene rings is 1. The third-order valence-electron chi connectivity index (χ3n) is 5.14. The van der Waals surface area contributed by atoms with Crippen LogP contribution in [0.5, 0.6) is 0 Å². The van der Waals surface area contributed by atoms with Gasteiger partial charge in [0.1, 0.15) is 4.88 Å². The highest BCUT2D eigenvalue weighted by atomic mass is 32.1. The van der Waals surface area contributed by atoms with E-state index in [0.29, 0.717) is 9.88 Å². The number of nitrogens with one attached hydrogen (secondary N) is 1. The van der Waals surface area contributed by atoms with Crippen molar-refractivity contribution < 1.29 is 23.9 Å². The smallest absolute Gasteiger partial charge is 0.348 e. The molecule has 3 rings (SSSR count). The number of rotatable bonds is 6. The largest absolute Gasteiger partial charge is 0.462 e. The molecule has 0 radical (unpaired) electrons. The summed E-state index contributed by atoms with van der Waals surface area (Å²) in [6.45, 7) is 3.91. The summed E-state index contributed by atoms with van der Waals surface area (Å²) in [7, 11) is 0. The highest BCUT2D eigenvalue weighted by Gasteiger charge is 2.47. The number of hydrogen-bond acceptors (Lipinski definition) is 6. The molecule has 27 heavy (non-hydrogen) atoms. The molecule has 0 spiro atoms. The minimum Gasteiger partial charge on any atom is -0.462 e. The summed E-state index contributed by atoms with van der Waals surface area (Å²) < 4.78 is 4.99. The highest BCUT2D eigenvalue weighted by molar-refractivity contribution is 7.18. The lowest BCUT2D eigenvalue weighted by Crippen LogP contribution is -2.34. The topological polar surface area (TPSA) is 92.8 Å². The van der Waals surface area contributed by atoms with Gasteiger partial charge in [0.25, 0.3) is 0 Å². The normalized spacial score (nSPS) is 21.9. The number of likely N-dealkylation sites (tertiary alicyclic amines) is 1. The zero-order valence-corrected chi connectivity index (χ0v) is 16.4. The van der Waals surface area contributed by atoms with E-state index in [-0.39, 0.29) is 49.1 Å². The van der Waals surface area contributed by atoms with Crippen LogP contribution in [0.25, 0.3) is 0 Å². The number of esters is 1. The molecule has 0 bridgehead atoms. The Morgan fingerprint density at radius 2 is 1.85 bits per heavy atom. The summed E-state index contributed by atoms with van der Waals surface area (Å²) in [6.07, 6.45) is 3.54. The quantitative estimate of drug-likeness (QED) is 0.594. The van der Waals surface area contributed by atoms with Crippen molar-refractivity contribution in [2.45, 2.75) is 46.0 Å². The van der Waals surface area contributed by atoms with Gasteiger partial charge in [0.2, 0.25) is 17.7 Å². The molecule has 1 aliphatic heterocycles. The SMILES string of the molecule is CCOC(=O)c1sc(NC(=O)CCN2C(=O)[C@H]3CCCC[C@@H]3C2=O)cc1C. The second kappa shape index (κ2) is 8.21. The van der Waals surface area contributed by atoms with Gasteiger partial charge in [0, 0.05) is 13.0 Å². The molecule has 7 nitrogen and oxygen atoms in total. The average molecular weight is 392 g/mol. The van der Waals surface area contributed by atoms with E-state index in [1.165, 1.54) is 4.90 Å². The van der Waals surface area contributed by atoms with E-state index < -0.39 is 5.97 Å². The molecule has 1 saturated heterocycles. The van der Waals surface area contributed by atoms with Crippen LogP contribution < -0.4 is 5.32 Å². The summed E-state index contributed by atoms with van der Waals surface area (Å²) in [5.74, 6) is -1.34. The molecule has 3 amide bonds. The fourth-order valence-electron chi connectivity index (χ4n) is 3.81. The zero-order valence-electron chi connectivity index (χ0n) is 15.6. The van der Waals surface area contributed by atoms with Crippen LogP contribution in [0, 0.1) is 18.8 Å². The average Bonchev–Trinajstić information content (AvgIpc) is 3.12. The first kappa shape index (κ1) is 19.5. The first-order chi connectivity index (χ1) is 12.9. The molecule has 0 aromatic carbocycles. The number of hydrogen-bond donors (Lipinski definition) is 1. The predicted molar refractivity (Wildman–Crippen MR) is 100 cm³/mol. The fourth-order valence-corrected chi connectivity index (χ4v) is 4.79. The Bertz CT molecular complexity index is 748. The van der Waals surface area contributed by atoms with E-state index in [1.807, 2.05) is 0 Å². The molecule has 2 heterocycles. The van der Waals surface area contributed by atoms with Crippen molar-refractivity contribution in [1.29, 1.82) is 0 Å². The third kappa shape index (κ3) is 4.05. The number of aryl methyl sites for hydroxylation is 1. The van der Waals surface area contributed by atoms with E-state index >= 15 is 0 Å². The minimum absolute atomic E-state index is 0.0443. The van der Waals surface area contributed by atoms with Crippen LogP contribution in [0.4, 0.5) is 5.00 Å². The van der Waals surface area contributed by atoms with Crippen LogP contribution in [0.3, 0.4) is 0 Å². The summed E-state index contributed by atoms with van der Waals surface area (Å²) in [4.78, 5) is 50.7. The van der Waals surface area contributed by atoms with Crippen molar-refractivity contribution in [1.82, 2.24) is 4.90 Å². The molecule has 2 atom stereocenters.